The average molecular weight is 515 g/mol. The summed E-state index contributed by atoms with van der Waals surface area (Å²) in [5.41, 5.74) is 4.49. The number of aryl methyl sites for hydroxylation is 1. The highest BCUT2D eigenvalue weighted by atomic mass is 32.2. The van der Waals surface area contributed by atoms with E-state index in [1.54, 1.807) is 30.5 Å². The molecule has 2 aromatic carbocycles. The summed E-state index contributed by atoms with van der Waals surface area (Å²) in [6, 6.07) is 10.3. The van der Waals surface area contributed by atoms with Crippen LogP contribution in [0, 0.1) is 30.0 Å². The first-order valence-electron chi connectivity index (χ1n) is 13.0. The van der Waals surface area contributed by atoms with Crippen molar-refractivity contribution >= 4 is 27.8 Å². The van der Waals surface area contributed by atoms with Crippen molar-refractivity contribution in [3.8, 4) is 0 Å². The molecule has 6 nitrogen and oxygen atoms in total. The van der Waals surface area contributed by atoms with E-state index in [2.05, 4.69) is 18.3 Å². The molecule has 1 heterocycles. The number of halogens is 1. The lowest BCUT2D eigenvalue weighted by Gasteiger charge is -2.39. The third kappa shape index (κ3) is 5.98. The highest BCUT2D eigenvalue weighted by Crippen LogP contribution is 2.43. The molecular formula is C28H39FN4O2S. The Hall–Kier alpha value is -2.29. The van der Waals surface area contributed by atoms with Crippen LogP contribution in [-0.2, 0) is 10.2 Å². The summed E-state index contributed by atoms with van der Waals surface area (Å²) in [6.45, 7) is 3.07. The van der Waals surface area contributed by atoms with E-state index in [1.807, 2.05) is 6.07 Å². The fourth-order valence-electron chi connectivity index (χ4n) is 5.65. The Morgan fingerprint density at radius 1 is 1.11 bits per heavy atom. The minimum atomic E-state index is -3.53. The Labute approximate surface area is 215 Å². The van der Waals surface area contributed by atoms with E-state index in [9.17, 15) is 12.8 Å². The molecule has 2 aliphatic rings. The van der Waals surface area contributed by atoms with E-state index >= 15 is 0 Å². The molecule has 0 radical (unpaired) electrons. The maximum atomic E-state index is 13.4. The number of nitrogens with one attached hydrogen (secondary N) is 2. The largest absolute Gasteiger partial charge is 0.355 e. The summed E-state index contributed by atoms with van der Waals surface area (Å²) in [6.07, 6.45) is 9.32. The van der Waals surface area contributed by atoms with Crippen molar-refractivity contribution in [2.75, 3.05) is 32.5 Å². The zero-order chi connectivity index (χ0) is 25.9. The van der Waals surface area contributed by atoms with Crippen LogP contribution in [0.2, 0.25) is 0 Å². The molecule has 1 aliphatic carbocycles. The van der Waals surface area contributed by atoms with Gasteiger partial charge in [0.25, 0.3) is 10.2 Å². The SMILES string of the molecule is Cc1cc(Nc2ccc(F)cc2)c(C=N)cc1[C@H]1CN(S(=O)(=O)N(C)C)CCCCC1CC1CCC1. The maximum absolute atomic E-state index is 13.4. The van der Waals surface area contributed by atoms with Gasteiger partial charge in [0.1, 0.15) is 5.82 Å². The fraction of sp³-hybridized carbons (Fsp3) is 0.536. The van der Waals surface area contributed by atoms with Crippen LogP contribution < -0.4 is 5.32 Å². The first kappa shape index (κ1) is 26.8. The number of anilines is 2. The summed E-state index contributed by atoms with van der Waals surface area (Å²) in [7, 11) is -0.325. The van der Waals surface area contributed by atoms with Crippen LogP contribution in [0.5, 0.6) is 0 Å². The molecule has 0 amide bonds. The van der Waals surface area contributed by atoms with Crippen molar-refractivity contribution in [2.24, 2.45) is 11.8 Å². The van der Waals surface area contributed by atoms with E-state index < -0.39 is 10.2 Å². The van der Waals surface area contributed by atoms with Crippen molar-refractivity contribution < 1.29 is 12.8 Å². The Morgan fingerprint density at radius 3 is 2.44 bits per heavy atom. The highest BCUT2D eigenvalue weighted by molar-refractivity contribution is 7.86. The number of rotatable bonds is 8. The molecule has 1 saturated heterocycles. The molecule has 2 fully saturated rings. The molecular weight excluding hydrogens is 475 g/mol. The van der Waals surface area contributed by atoms with E-state index in [0.29, 0.717) is 19.0 Å². The molecule has 0 aromatic heterocycles. The van der Waals surface area contributed by atoms with Gasteiger partial charge in [-0.1, -0.05) is 25.7 Å². The summed E-state index contributed by atoms with van der Waals surface area (Å²) in [4.78, 5) is 0. The summed E-state index contributed by atoms with van der Waals surface area (Å²) >= 11 is 0. The summed E-state index contributed by atoms with van der Waals surface area (Å²) < 4.78 is 42.7. The molecule has 2 aromatic rings. The van der Waals surface area contributed by atoms with Gasteiger partial charge in [0.05, 0.1) is 0 Å². The molecule has 2 N–H and O–H groups in total. The molecule has 1 unspecified atom stereocenters. The van der Waals surface area contributed by atoms with Crippen LogP contribution in [0.3, 0.4) is 0 Å². The predicted octanol–water partition coefficient (Wildman–Crippen LogP) is 6.06. The van der Waals surface area contributed by atoms with Gasteiger partial charge < -0.3 is 10.7 Å². The molecule has 36 heavy (non-hydrogen) atoms. The second-order valence-electron chi connectivity index (χ2n) is 10.6. The van der Waals surface area contributed by atoms with E-state index in [4.69, 9.17) is 5.41 Å². The lowest BCUT2D eigenvalue weighted by molar-refractivity contribution is 0.190. The molecule has 0 bridgehead atoms. The van der Waals surface area contributed by atoms with Crippen LogP contribution in [0.25, 0.3) is 0 Å². The third-order valence-electron chi connectivity index (χ3n) is 7.97. The lowest BCUT2D eigenvalue weighted by atomic mass is 9.71. The molecule has 4 rings (SSSR count). The van der Waals surface area contributed by atoms with Gasteiger partial charge in [0, 0.05) is 56.3 Å². The zero-order valence-corrected chi connectivity index (χ0v) is 22.5. The monoisotopic (exact) mass is 514 g/mol. The molecule has 0 spiro atoms. The number of benzene rings is 2. The highest BCUT2D eigenvalue weighted by Gasteiger charge is 2.36. The molecule has 2 atom stereocenters. The van der Waals surface area contributed by atoms with Crippen molar-refractivity contribution in [1.29, 1.82) is 5.41 Å². The first-order chi connectivity index (χ1) is 17.2. The molecule has 1 saturated carbocycles. The topological polar surface area (TPSA) is 76.5 Å². The van der Waals surface area contributed by atoms with Crippen molar-refractivity contribution in [3.63, 3.8) is 0 Å². The smallest absolute Gasteiger partial charge is 0.281 e. The number of hydrogen-bond acceptors (Lipinski definition) is 4. The maximum Gasteiger partial charge on any atom is 0.281 e. The minimum absolute atomic E-state index is 0.0687. The molecule has 8 heteroatoms. The van der Waals surface area contributed by atoms with Gasteiger partial charge in [-0.25, -0.2) is 4.39 Å². The van der Waals surface area contributed by atoms with Gasteiger partial charge in [-0.3, -0.25) is 0 Å². The Morgan fingerprint density at radius 2 is 1.83 bits per heavy atom. The van der Waals surface area contributed by atoms with Gasteiger partial charge in [-0.2, -0.15) is 17.0 Å². The van der Waals surface area contributed by atoms with Crippen molar-refractivity contribution in [3.05, 3.63) is 58.9 Å². The normalized spacial score (nSPS) is 22.0. The van der Waals surface area contributed by atoms with E-state index in [1.165, 1.54) is 41.9 Å². The number of hydrogen-bond donors (Lipinski definition) is 2. The first-order valence-corrected chi connectivity index (χ1v) is 14.4. The molecule has 1 aliphatic heterocycles. The zero-order valence-electron chi connectivity index (χ0n) is 21.6. The van der Waals surface area contributed by atoms with Gasteiger partial charge in [0.2, 0.25) is 0 Å². The predicted molar refractivity (Wildman–Crippen MR) is 145 cm³/mol. The van der Waals surface area contributed by atoms with Crippen LogP contribution >= 0.6 is 0 Å². The summed E-state index contributed by atoms with van der Waals surface area (Å²) in [5, 5.41) is 11.4. The Balaban J connectivity index is 1.71. The molecule has 196 valence electrons. The van der Waals surface area contributed by atoms with E-state index in [-0.39, 0.29) is 11.7 Å². The second-order valence-corrected chi connectivity index (χ2v) is 12.8. The second kappa shape index (κ2) is 11.4. The van der Waals surface area contributed by atoms with Gasteiger partial charge in [-0.15, -0.1) is 0 Å². The minimum Gasteiger partial charge on any atom is -0.355 e. The average Bonchev–Trinajstić information content (AvgIpc) is 2.79. The van der Waals surface area contributed by atoms with Gasteiger partial charge >= 0.3 is 0 Å². The van der Waals surface area contributed by atoms with Gasteiger partial charge in [-0.05, 0) is 85.5 Å². The van der Waals surface area contributed by atoms with Crippen LogP contribution in [-0.4, -0.2) is 50.4 Å². The van der Waals surface area contributed by atoms with Crippen LogP contribution in [0.4, 0.5) is 15.8 Å². The van der Waals surface area contributed by atoms with Crippen molar-refractivity contribution in [1.82, 2.24) is 8.61 Å². The lowest BCUT2D eigenvalue weighted by Crippen LogP contribution is -2.44. The standard InChI is InChI=1S/C28H39FN4O2S/c1-20-15-28(31-25-12-10-24(29)11-13-25)23(18-30)17-26(20)27-19-33(36(34,35)32(2)3)14-5-4-9-22(27)16-21-7-6-8-21/h10-13,15,17-18,21-22,27,30-31H,4-9,14,16,19H2,1-3H3/t22?,27-/m0/s1. The van der Waals surface area contributed by atoms with Crippen molar-refractivity contribution in [2.45, 2.75) is 57.8 Å². The Kier molecular flexibility index (Phi) is 8.48. The summed E-state index contributed by atoms with van der Waals surface area (Å²) in [5.74, 6) is 0.916. The Bertz CT molecular complexity index is 1160. The van der Waals surface area contributed by atoms with E-state index in [0.717, 1.165) is 59.7 Å². The third-order valence-corrected chi connectivity index (χ3v) is 9.87. The van der Waals surface area contributed by atoms with Crippen LogP contribution in [0.15, 0.2) is 36.4 Å². The fourth-order valence-corrected chi connectivity index (χ4v) is 6.82. The van der Waals surface area contributed by atoms with Crippen LogP contribution in [0.1, 0.15) is 67.6 Å². The number of nitrogens with zero attached hydrogens (tertiary/aromatic N) is 2. The van der Waals surface area contributed by atoms with Gasteiger partial charge in [0.15, 0.2) is 0 Å². The quantitative estimate of drug-likeness (QED) is 0.421.